The maximum Gasteiger partial charge on any atom is 0.130 e. The molecule has 1 aromatic heterocycles. The van der Waals surface area contributed by atoms with E-state index in [1.807, 2.05) is 0 Å². The van der Waals surface area contributed by atoms with Crippen LogP contribution in [0.15, 0.2) is 35.9 Å². The van der Waals surface area contributed by atoms with E-state index in [9.17, 15) is 14.6 Å². The highest BCUT2D eigenvalue weighted by atomic mass is 19.1. The first-order valence-electron chi connectivity index (χ1n) is 6.12. The van der Waals surface area contributed by atoms with E-state index in [1.54, 1.807) is 18.2 Å². The lowest BCUT2D eigenvalue weighted by Gasteiger charge is -2.19. The summed E-state index contributed by atoms with van der Waals surface area (Å²) in [6.45, 7) is -0.644. The van der Waals surface area contributed by atoms with Gasteiger partial charge in [0.2, 0.25) is 0 Å². The first-order chi connectivity index (χ1) is 9.56. The second-order valence-corrected chi connectivity index (χ2v) is 4.78. The third-order valence-electron chi connectivity index (χ3n) is 3.68. The molecule has 0 fully saturated rings. The van der Waals surface area contributed by atoms with Crippen LogP contribution < -0.4 is 5.73 Å². The number of rotatable bonds is 2. The van der Waals surface area contributed by atoms with Crippen molar-refractivity contribution in [1.29, 1.82) is 0 Å². The molecule has 7 heteroatoms. The number of benzene rings is 1. The molecular formula is C13H14FN3O3. The molecule has 0 saturated heterocycles. The van der Waals surface area contributed by atoms with Gasteiger partial charge in [0.15, 0.2) is 0 Å². The quantitative estimate of drug-likeness (QED) is 0.584. The molecular weight excluding hydrogens is 265 g/mol. The van der Waals surface area contributed by atoms with Crippen molar-refractivity contribution in [2.45, 2.75) is 18.2 Å². The molecule has 1 aromatic carbocycles. The lowest BCUT2D eigenvalue weighted by molar-refractivity contribution is 0.0263. The van der Waals surface area contributed by atoms with Crippen molar-refractivity contribution < 1.29 is 19.7 Å². The molecule has 0 amide bonds. The molecule has 1 aliphatic rings. The van der Waals surface area contributed by atoms with Crippen LogP contribution in [0.1, 0.15) is 6.04 Å². The van der Waals surface area contributed by atoms with Crippen LogP contribution in [-0.2, 0) is 0 Å². The van der Waals surface area contributed by atoms with Gasteiger partial charge in [0.1, 0.15) is 29.6 Å². The number of aliphatic hydroxyl groups excluding tert-OH is 3. The highest BCUT2D eigenvalue weighted by Crippen LogP contribution is 2.39. The maximum absolute atomic E-state index is 14.3. The van der Waals surface area contributed by atoms with Gasteiger partial charge in [-0.05, 0) is 12.1 Å². The summed E-state index contributed by atoms with van der Waals surface area (Å²) < 4.78 is 15.7. The summed E-state index contributed by atoms with van der Waals surface area (Å²) in [5.41, 5.74) is 7.08. The molecule has 3 atom stereocenters. The monoisotopic (exact) mass is 279 g/mol. The third-order valence-corrected chi connectivity index (χ3v) is 3.68. The topological polar surface area (TPSA) is 105 Å². The minimum absolute atomic E-state index is 0.201. The normalized spacial score (nSPS) is 26.7. The van der Waals surface area contributed by atoms with Crippen LogP contribution in [0.4, 0.5) is 10.1 Å². The highest BCUT2D eigenvalue weighted by Gasteiger charge is 2.43. The summed E-state index contributed by atoms with van der Waals surface area (Å²) >= 11 is 0. The zero-order valence-corrected chi connectivity index (χ0v) is 10.4. The zero-order valence-electron chi connectivity index (χ0n) is 10.4. The number of nitrogens with two attached hydrogens (primary N) is 1. The number of fused-ring (bicyclic) bond motifs is 1. The van der Waals surface area contributed by atoms with Crippen molar-refractivity contribution in [3.63, 3.8) is 0 Å². The number of para-hydroxylation sites is 1. The Morgan fingerprint density at radius 2 is 2.10 bits per heavy atom. The average molecular weight is 279 g/mol. The van der Waals surface area contributed by atoms with Gasteiger partial charge in [0.05, 0.1) is 24.1 Å². The summed E-state index contributed by atoms with van der Waals surface area (Å²) in [6.07, 6.45) is -1.44. The minimum Gasteiger partial charge on any atom is -0.397 e. The lowest BCUT2D eigenvalue weighted by atomic mass is 10.1. The summed E-state index contributed by atoms with van der Waals surface area (Å²) in [5.74, 6) is -0.741. The van der Waals surface area contributed by atoms with E-state index in [2.05, 4.69) is 4.98 Å². The van der Waals surface area contributed by atoms with Crippen molar-refractivity contribution in [1.82, 2.24) is 9.55 Å². The van der Waals surface area contributed by atoms with Gasteiger partial charge >= 0.3 is 0 Å². The Labute approximate surface area is 113 Å². The van der Waals surface area contributed by atoms with E-state index in [-0.39, 0.29) is 5.57 Å². The minimum atomic E-state index is -1.43. The largest absolute Gasteiger partial charge is 0.397 e. The fraction of sp³-hybridized carbons (Fsp3) is 0.308. The van der Waals surface area contributed by atoms with Gasteiger partial charge in [-0.25, -0.2) is 9.37 Å². The average Bonchev–Trinajstić information content (AvgIpc) is 2.92. The summed E-state index contributed by atoms with van der Waals surface area (Å²) in [7, 11) is 0. The van der Waals surface area contributed by atoms with Gasteiger partial charge in [-0.1, -0.05) is 6.07 Å². The predicted molar refractivity (Wildman–Crippen MR) is 70.4 cm³/mol. The Morgan fingerprint density at radius 3 is 2.75 bits per heavy atom. The molecule has 3 rings (SSSR count). The molecule has 5 N–H and O–H groups in total. The molecule has 106 valence electrons. The molecule has 20 heavy (non-hydrogen) atoms. The second kappa shape index (κ2) is 4.55. The van der Waals surface area contributed by atoms with E-state index in [1.165, 1.54) is 10.9 Å². The molecule has 0 unspecified atom stereocenters. The predicted octanol–water partition coefficient (Wildman–Crippen LogP) is 0.111. The van der Waals surface area contributed by atoms with Crippen molar-refractivity contribution >= 4 is 16.7 Å². The van der Waals surface area contributed by atoms with Gasteiger partial charge in [0, 0.05) is 5.57 Å². The van der Waals surface area contributed by atoms with Crippen LogP contribution in [0.3, 0.4) is 0 Å². The van der Waals surface area contributed by atoms with Gasteiger partial charge in [-0.3, -0.25) is 0 Å². The molecule has 1 heterocycles. The van der Waals surface area contributed by atoms with Crippen LogP contribution in [0, 0.1) is 0 Å². The third kappa shape index (κ3) is 1.64. The molecule has 1 aliphatic carbocycles. The first-order valence-corrected chi connectivity index (χ1v) is 6.12. The first kappa shape index (κ1) is 13.0. The maximum atomic E-state index is 14.3. The van der Waals surface area contributed by atoms with Gasteiger partial charge in [-0.15, -0.1) is 0 Å². The van der Waals surface area contributed by atoms with E-state index >= 15 is 0 Å². The fourth-order valence-corrected chi connectivity index (χ4v) is 2.62. The second-order valence-electron chi connectivity index (χ2n) is 4.78. The van der Waals surface area contributed by atoms with Gasteiger partial charge in [-0.2, -0.15) is 0 Å². The van der Waals surface area contributed by atoms with Crippen LogP contribution in [0.25, 0.3) is 11.0 Å². The molecule has 0 saturated carbocycles. The van der Waals surface area contributed by atoms with Crippen LogP contribution in [0.5, 0.6) is 0 Å². The Balaban J connectivity index is 2.17. The van der Waals surface area contributed by atoms with Gasteiger partial charge < -0.3 is 25.6 Å². The standard InChI is InChI=1S/C13H14FN3O3/c14-9-6(4-18)12(19)13(20)11(9)17-5-16-10-7(15)2-1-3-8(10)17/h1-3,5,11-13,18-20H,4,15H2/t11-,12-,13+/m1/s1. The van der Waals surface area contributed by atoms with E-state index in [4.69, 9.17) is 10.8 Å². The highest BCUT2D eigenvalue weighted by molar-refractivity contribution is 5.87. The van der Waals surface area contributed by atoms with Crippen LogP contribution in [0.2, 0.25) is 0 Å². The summed E-state index contributed by atoms with van der Waals surface area (Å²) in [4.78, 5) is 4.10. The zero-order chi connectivity index (χ0) is 14.4. The number of imidazole rings is 1. The van der Waals surface area contributed by atoms with E-state index < -0.39 is 30.7 Å². The van der Waals surface area contributed by atoms with Gasteiger partial charge in [0.25, 0.3) is 0 Å². The number of aliphatic hydroxyl groups is 3. The van der Waals surface area contributed by atoms with E-state index in [0.717, 1.165) is 0 Å². The van der Waals surface area contributed by atoms with Crippen LogP contribution in [-0.4, -0.2) is 43.7 Å². The number of aromatic nitrogens is 2. The number of nitrogens with zero attached hydrogens (tertiary/aromatic N) is 2. The lowest BCUT2D eigenvalue weighted by Crippen LogP contribution is -2.30. The molecule has 0 spiro atoms. The smallest absolute Gasteiger partial charge is 0.130 e. The van der Waals surface area contributed by atoms with Crippen molar-refractivity contribution in [2.24, 2.45) is 0 Å². The number of anilines is 1. The summed E-state index contributed by atoms with van der Waals surface area (Å²) in [6, 6.07) is 3.95. The van der Waals surface area contributed by atoms with Crippen LogP contribution >= 0.6 is 0 Å². The number of hydrogen-bond acceptors (Lipinski definition) is 5. The van der Waals surface area contributed by atoms with E-state index in [0.29, 0.717) is 16.7 Å². The Kier molecular flexibility index (Phi) is 2.97. The number of hydrogen-bond donors (Lipinski definition) is 4. The Bertz CT molecular complexity index is 697. The van der Waals surface area contributed by atoms with Crippen molar-refractivity contribution in [3.8, 4) is 0 Å². The molecule has 0 aliphatic heterocycles. The molecule has 6 nitrogen and oxygen atoms in total. The number of halogens is 1. The summed E-state index contributed by atoms with van der Waals surface area (Å²) in [5, 5.41) is 28.8. The SMILES string of the molecule is Nc1cccc2c1ncn2[C@@H]1C(F)=C(CO)[C@@H](O)[C@H]1O. The molecule has 0 radical (unpaired) electrons. The Hall–Kier alpha value is -1.96. The number of nitrogen functional groups attached to an aromatic ring is 1. The van der Waals surface area contributed by atoms with Crippen molar-refractivity contribution in [2.75, 3.05) is 12.3 Å². The molecule has 0 bridgehead atoms. The Morgan fingerprint density at radius 1 is 1.35 bits per heavy atom. The molecule has 2 aromatic rings. The fourth-order valence-electron chi connectivity index (χ4n) is 2.62. The van der Waals surface area contributed by atoms with Crippen molar-refractivity contribution in [3.05, 3.63) is 35.9 Å².